The first-order valence-electron chi connectivity index (χ1n) is 5.64. The molecule has 0 saturated carbocycles. The zero-order valence-corrected chi connectivity index (χ0v) is 10.1. The average Bonchev–Trinajstić information content (AvgIpc) is 2.38. The maximum Gasteiger partial charge on any atom is 0.241 e. The number of amides is 1. The number of rotatable bonds is 2. The summed E-state index contributed by atoms with van der Waals surface area (Å²) in [5, 5.41) is 12.0. The van der Waals surface area contributed by atoms with E-state index in [1.807, 2.05) is 6.07 Å². The molecule has 0 spiro atoms. The molecule has 1 saturated heterocycles. The predicted octanol–water partition coefficient (Wildman–Crippen LogP) is -1.08. The molecule has 0 aliphatic carbocycles. The van der Waals surface area contributed by atoms with Crippen LogP contribution in [-0.4, -0.2) is 41.6 Å². The Morgan fingerprint density at radius 3 is 3.11 bits per heavy atom. The molecule has 7 heteroatoms. The van der Waals surface area contributed by atoms with Gasteiger partial charge in [-0.3, -0.25) is 4.79 Å². The highest BCUT2D eigenvalue weighted by molar-refractivity contribution is 5.83. The molecule has 1 aromatic rings. The van der Waals surface area contributed by atoms with E-state index in [1.165, 1.54) is 0 Å². The summed E-state index contributed by atoms with van der Waals surface area (Å²) in [6.07, 6.45) is 0. The molecule has 1 aromatic heterocycles. The van der Waals surface area contributed by atoms with Gasteiger partial charge in [-0.1, -0.05) is 0 Å². The fraction of sp³-hybridized carbons (Fsp3) is 0.455. The standard InChI is InChI=1S/C11H14N6O/c1-7-4-8(5-12)16-11(15-7)17-3-2-14-6-9(17)10(13)18/h4,9,14H,2-3,6H2,1H3,(H2,13,18). The molecule has 1 aliphatic heterocycles. The molecule has 0 radical (unpaired) electrons. The van der Waals surface area contributed by atoms with Crippen molar-refractivity contribution in [2.24, 2.45) is 5.73 Å². The summed E-state index contributed by atoms with van der Waals surface area (Å²) in [5.41, 5.74) is 6.35. The van der Waals surface area contributed by atoms with Crippen LogP contribution in [0.4, 0.5) is 5.95 Å². The number of nitrogens with two attached hydrogens (primary N) is 1. The molecular weight excluding hydrogens is 232 g/mol. The lowest BCUT2D eigenvalue weighted by Crippen LogP contribution is -2.57. The van der Waals surface area contributed by atoms with Crippen LogP contribution in [0, 0.1) is 18.3 Å². The lowest BCUT2D eigenvalue weighted by molar-refractivity contribution is -0.119. The first-order valence-corrected chi connectivity index (χ1v) is 5.64. The van der Waals surface area contributed by atoms with Gasteiger partial charge in [-0.05, 0) is 13.0 Å². The number of aryl methyl sites for hydroxylation is 1. The van der Waals surface area contributed by atoms with Crippen molar-refractivity contribution in [1.82, 2.24) is 15.3 Å². The third-order valence-electron chi connectivity index (χ3n) is 2.79. The van der Waals surface area contributed by atoms with Crippen LogP contribution < -0.4 is 16.0 Å². The summed E-state index contributed by atoms with van der Waals surface area (Å²) in [5.74, 6) is -0.0392. The summed E-state index contributed by atoms with van der Waals surface area (Å²) in [4.78, 5) is 21.5. The van der Waals surface area contributed by atoms with E-state index in [0.29, 0.717) is 30.4 Å². The fourth-order valence-electron chi connectivity index (χ4n) is 1.94. The quantitative estimate of drug-likeness (QED) is 0.687. The van der Waals surface area contributed by atoms with Gasteiger partial charge in [0.25, 0.3) is 0 Å². The highest BCUT2D eigenvalue weighted by Crippen LogP contribution is 2.14. The number of anilines is 1. The number of aromatic nitrogens is 2. The van der Waals surface area contributed by atoms with Crippen molar-refractivity contribution in [2.75, 3.05) is 24.5 Å². The summed E-state index contributed by atoms with van der Waals surface area (Å²) in [7, 11) is 0. The SMILES string of the molecule is Cc1cc(C#N)nc(N2CCNCC2C(N)=O)n1. The number of nitrogens with zero attached hydrogens (tertiary/aromatic N) is 4. The number of carbonyl (C=O) groups excluding carboxylic acids is 1. The summed E-state index contributed by atoms with van der Waals surface area (Å²) < 4.78 is 0. The van der Waals surface area contributed by atoms with Gasteiger partial charge in [0, 0.05) is 25.3 Å². The van der Waals surface area contributed by atoms with Crippen molar-refractivity contribution in [3.05, 3.63) is 17.5 Å². The molecule has 18 heavy (non-hydrogen) atoms. The number of piperazine rings is 1. The zero-order chi connectivity index (χ0) is 13.1. The van der Waals surface area contributed by atoms with Gasteiger partial charge in [0.05, 0.1) is 0 Å². The van der Waals surface area contributed by atoms with E-state index >= 15 is 0 Å². The Kier molecular flexibility index (Phi) is 3.39. The molecule has 2 rings (SSSR count). The summed E-state index contributed by atoms with van der Waals surface area (Å²) in [6.45, 7) is 3.56. The van der Waals surface area contributed by atoms with Crippen LogP contribution in [0.2, 0.25) is 0 Å². The van der Waals surface area contributed by atoms with E-state index in [-0.39, 0.29) is 0 Å². The maximum absolute atomic E-state index is 11.4. The van der Waals surface area contributed by atoms with Gasteiger partial charge < -0.3 is 16.0 Å². The molecule has 1 aliphatic rings. The summed E-state index contributed by atoms with van der Waals surface area (Å²) in [6, 6.07) is 3.10. The molecular formula is C11H14N6O. The maximum atomic E-state index is 11.4. The molecule has 94 valence electrons. The number of nitriles is 1. The molecule has 1 fully saturated rings. The first kappa shape index (κ1) is 12.3. The van der Waals surface area contributed by atoms with Crippen LogP contribution in [0.1, 0.15) is 11.4 Å². The minimum Gasteiger partial charge on any atom is -0.368 e. The number of carbonyl (C=O) groups is 1. The van der Waals surface area contributed by atoms with Crippen LogP contribution in [-0.2, 0) is 4.79 Å². The normalized spacial score (nSPS) is 19.3. The van der Waals surface area contributed by atoms with Gasteiger partial charge in [-0.2, -0.15) is 5.26 Å². The van der Waals surface area contributed by atoms with E-state index in [1.54, 1.807) is 17.9 Å². The van der Waals surface area contributed by atoms with Gasteiger partial charge in [0.15, 0.2) is 0 Å². The van der Waals surface area contributed by atoms with Crippen molar-refractivity contribution in [3.63, 3.8) is 0 Å². The van der Waals surface area contributed by atoms with Crippen molar-refractivity contribution in [3.8, 4) is 6.07 Å². The predicted molar refractivity (Wildman–Crippen MR) is 64.7 cm³/mol. The topological polar surface area (TPSA) is 108 Å². The zero-order valence-electron chi connectivity index (χ0n) is 10.1. The Morgan fingerprint density at radius 1 is 1.67 bits per heavy atom. The highest BCUT2D eigenvalue weighted by atomic mass is 16.1. The van der Waals surface area contributed by atoms with Gasteiger partial charge in [0.1, 0.15) is 17.8 Å². The van der Waals surface area contributed by atoms with Crippen LogP contribution in [0.5, 0.6) is 0 Å². The smallest absolute Gasteiger partial charge is 0.241 e. The molecule has 0 bridgehead atoms. The minimum atomic E-state index is -0.480. The second-order valence-corrected chi connectivity index (χ2v) is 4.12. The van der Waals surface area contributed by atoms with Crippen molar-refractivity contribution in [2.45, 2.75) is 13.0 Å². The van der Waals surface area contributed by atoms with E-state index in [4.69, 9.17) is 11.0 Å². The average molecular weight is 246 g/mol. The van der Waals surface area contributed by atoms with Gasteiger partial charge in [0.2, 0.25) is 11.9 Å². The van der Waals surface area contributed by atoms with E-state index in [9.17, 15) is 4.79 Å². The van der Waals surface area contributed by atoms with Gasteiger partial charge in [-0.15, -0.1) is 0 Å². The number of nitrogens with one attached hydrogen (secondary N) is 1. The van der Waals surface area contributed by atoms with Crippen molar-refractivity contribution >= 4 is 11.9 Å². The van der Waals surface area contributed by atoms with Crippen LogP contribution in [0.3, 0.4) is 0 Å². The fourth-order valence-corrected chi connectivity index (χ4v) is 1.94. The lowest BCUT2D eigenvalue weighted by atomic mass is 10.2. The van der Waals surface area contributed by atoms with Gasteiger partial charge in [-0.25, -0.2) is 9.97 Å². The molecule has 1 amide bonds. The molecule has 1 atom stereocenters. The largest absolute Gasteiger partial charge is 0.368 e. The summed E-state index contributed by atoms with van der Waals surface area (Å²) >= 11 is 0. The Balaban J connectivity index is 2.36. The molecule has 0 aromatic carbocycles. The van der Waals surface area contributed by atoms with Crippen LogP contribution >= 0.6 is 0 Å². The number of primary amides is 1. The molecule has 2 heterocycles. The Hall–Kier alpha value is -2.20. The molecule has 1 unspecified atom stereocenters. The lowest BCUT2D eigenvalue weighted by Gasteiger charge is -2.34. The van der Waals surface area contributed by atoms with E-state index in [0.717, 1.165) is 6.54 Å². The Labute approximate surface area is 105 Å². The molecule has 7 nitrogen and oxygen atoms in total. The monoisotopic (exact) mass is 246 g/mol. The number of hydrogen-bond acceptors (Lipinski definition) is 6. The highest BCUT2D eigenvalue weighted by Gasteiger charge is 2.29. The first-order chi connectivity index (χ1) is 8.61. The number of hydrogen-bond donors (Lipinski definition) is 2. The van der Waals surface area contributed by atoms with Crippen LogP contribution in [0.15, 0.2) is 6.07 Å². The second-order valence-electron chi connectivity index (χ2n) is 4.12. The van der Waals surface area contributed by atoms with E-state index < -0.39 is 11.9 Å². The van der Waals surface area contributed by atoms with E-state index in [2.05, 4.69) is 15.3 Å². The minimum absolute atomic E-state index is 0.291. The molecule has 3 N–H and O–H groups in total. The Morgan fingerprint density at radius 2 is 2.44 bits per heavy atom. The van der Waals surface area contributed by atoms with Crippen molar-refractivity contribution < 1.29 is 4.79 Å². The van der Waals surface area contributed by atoms with Gasteiger partial charge >= 0.3 is 0 Å². The Bertz CT molecular complexity index is 509. The van der Waals surface area contributed by atoms with Crippen LogP contribution in [0.25, 0.3) is 0 Å². The third kappa shape index (κ3) is 2.38. The van der Waals surface area contributed by atoms with Crippen molar-refractivity contribution in [1.29, 1.82) is 5.26 Å². The second kappa shape index (κ2) is 4.98. The third-order valence-corrected chi connectivity index (χ3v) is 2.79.